The van der Waals surface area contributed by atoms with Gasteiger partial charge in [-0.2, -0.15) is 0 Å². The highest BCUT2D eigenvalue weighted by molar-refractivity contribution is 5.99. The molecule has 2 aromatic rings. The summed E-state index contributed by atoms with van der Waals surface area (Å²) in [6.45, 7) is 2.43. The Kier molecular flexibility index (Phi) is 4.71. The SMILES string of the molecule is CCN(CCC(=O)O)C(=O)Nc1cccc2cccnc12. The molecule has 0 fully saturated rings. The van der Waals surface area contributed by atoms with Crippen LogP contribution in [0.3, 0.4) is 0 Å². The van der Waals surface area contributed by atoms with Crippen LogP contribution >= 0.6 is 0 Å². The molecule has 0 radical (unpaired) electrons. The lowest BCUT2D eigenvalue weighted by Crippen LogP contribution is -2.36. The van der Waals surface area contributed by atoms with Crippen LogP contribution in [0.25, 0.3) is 10.9 Å². The van der Waals surface area contributed by atoms with E-state index >= 15 is 0 Å². The molecule has 6 heteroatoms. The molecule has 1 heterocycles. The van der Waals surface area contributed by atoms with Crippen molar-refractivity contribution in [3.8, 4) is 0 Å². The van der Waals surface area contributed by atoms with Crippen LogP contribution in [0.1, 0.15) is 13.3 Å². The van der Waals surface area contributed by atoms with Crippen LogP contribution in [-0.4, -0.2) is 40.1 Å². The van der Waals surface area contributed by atoms with Crippen LogP contribution in [0.15, 0.2) is 36.5 Å². The van der Waals surface area contributed by atoms with Crippen molar-refractivity contribution in [3.05, 3.63) is 36.5 Å². The second kappa shape index (κ2) is 6.69. The second-order valence-electron chi connectivity index (χ2n) is 4.53. The lowest BCUT2D eigenvalue weighted by atomic mass is 10.2. The van der Waals surface area contributed by atoms with Crippen molar-refractivity contribution < 1.29 is 14.7 Å². The van der Waals surface area contributed by atoms with Gasteiger partial charge in [-0.1, -0.05) is 18.2 Å². The number of aromatic nitrogens is 1. The van der Waals surface area contributed by atoms with Crippen LogP contribution < -0.4 is 5.32 Å². The summed E-state index contributed by atoms with van der Waals surface area (Å²) in [5.41, 5.74) is 1.33. The number of carbonyl (C=O) groups excluding carboxylic acids is 1. The van der Waals surface area contributed by atoms with E-state index in [2.05, 4.69) is 10.3 Å². The minimum Gasteiger partial charge on any atom is -0.481 e. The van der Waals surface area contributed by atoms with Crippen molar-refractivity contribution in [3.63, 3.8) is 0 Å². The summed E-state index contributed by atoms with van der Waals surface area (Å²) >= 11 is 0. The first-order valence-corrected chi connectivity index (χ1v) is 6.73. The molecule has 1 aromatic heterocycles. The molecule has 0 bridgehead atoms. The summed E-state index contributed by atoms with van der Waals surface area (Å²) in [5.74, 6) is -0.923. The van der Waals surface area contributed by atoms with Crippen molar-refractivity contribution in [1.82, 2.24) is 9.88 Å². The van der Waals surface area contributed by atoms with Crippen LogP contribution in [0.4, 0.5) is 10.5 Å². The number of benzene rings is 1. The van der Waals surface area contributed by atoms with Crippen molar-refractivity contribution in [2.24, 2.45) is 0 Å². The molecule has 0 spiro atoms. The van der Waals surface area contributed by atoms with Gasteiger partial charge in [0.2, 0.25) is 0 Å². The van der Waals surface area contributed by atoms with Gasteiger partial charge < -0.3 is 15.3 Å². The third-order valence-electron chi connectivity index (χ3n) is 3.14. The summed E-state index contributed by atoms with van der Waals surface area (Å²) in [6.07, 6.45) is 1.59. The Hall–Kier alpha value is -2.63. The minimum atomic E-state index is -0.923. The van der Waals surface area contributed by atoms with E-state index in [-0.39, 0.29) is 19.0 Å². The molecule has 1 aromatic carbocycles. The van der Waals surface area contributed by atoms with Gasteiger partial charge in [0.15, 0.2) is 0 Å². The Balaban J connectivity index is 2.15. The van der Waals surface area contributed by atoms with E-state index in [4.69, 9.17) is 5.11 Å². The Morgan fingerprint density at radius 2 is 2.05 bits per heavy atom. The first-order valence-electron chi connectivity index (χ1n) is 6.73. The average molecular weight is 287 g/mol. The van der Waals surface area contributed by atoms with E-state index in [1.165, 1.54) is 4.90 Å². The minimum absolute atomic E-state index is 0.0744. The van der Waals surface area contributed by atoms with Gasteiger partial charge in [0.05, 0.1) is 17.6 Å². The maximum atomic E-state index is 12.2. The number of anilines is 1. The molecule has 0 unspecified atom stereocenters. The van der Waals surface area contributed by atoms with Gasteiger partial charge in [-0.05, 0) is 19.1 Å². The quantitative estimate of drug-likeness (QED) is 0.885. The highest BCUT2D eigenvalue weighted by atomic mass is 16.4. The number of urea groups is 1. The van der Waals surface area contributed by atoms with Crippen LogP contribution in [-0.2, 0) is 4.79 Å². The average Bonchev–Trinajstić information content (AvgIpc) is 2.48. The van der Waals surface area contributed by atoms with E-state index in [0.29, 0.717) is 17.7 Å². The molecule has 2 rings (SSSR count). The first-order chi connectivity index (χ1) is 10.1. The zero-order chi connectivity index (χ0) is 15.2. The van der Waals surface area contributed by atoms with Gasteiger partial charge >= 0.3 is 12.0 Å². The number of nitrogens with zero attached hydrogens (tertiary/aromatic N) is 2. The summed E-state index contributed by atoms with van der Waals surface area (Å²) in [5, 5.41) is 12.4. The highest BCUT2D eigenvalue weighted by Crippen LogP contribution is 2.20. The molecular weight excluding hydrogens is 270 g/mol. The lowest BCUT2D eigenvalue weighted by Gasteiger charge is -2.20. The lowest BCUT2D eigenvalue weighted by molar-refractivity contribution is -0.137. The number of aliphatic carboxylic acids is 1. The van der Waals surface area contributed by atoms with Crippen molar-refractivity contribution >= 4 is 28.6 Å². The number of rotatable bonds is 5. The van der Waals surface area contributed by atoms with Gasteiger partial charge in [0.25, 0.3) is 0 Å². The predicted octanol–water partition coefficient (Wildman–Crippen LogP) is 2.56. The van der Waals surface area contributed by atoms with Gasteiger partial charge in [-0.15, -0.1) is 0 Å². The topological polar surface area (TPSA) is 82.5 Å². The predicted molar refractivity (Wildman–Crippen MR) is 80.3 cm³/mol. The molecular formula is C15H17N3O3. The smallest absolute Gasteiger partial charge is 0.321 e. The van der Waals surface area contributed by atoms with Crippen molar-refractivity contribution in [2.75, 3.05) is 18.4 Å². The molecule has 110 valence electrons. The van der Waals surface area contributed by atoms with Crippen molar-refractivity contribution in [2.45, 2.75) is 13.3 Å². The molecule has 21 heavy (non-hydrogen) atoms. The number of hydrogen-bond acceptors (Lipinski definition) is 3. The van der Waals surface area contributed by atoms with Gasteiger partial charge in [0, 0.05) is 24.7 Å². The molecule has 0 saturated heterocycles. The van der Waals surface area contributed by atoms with Crippen molar-refractivity contribution in [1.29, 1.82) is 0 Å². The fraction of sp³-hybridized carbons (Fsp3) is 0.267. The largest absolute Gasteiger partial charge is 0.481 e. The molecule has 0 aliphatic heterocycles. The fourth-order valence-electron chi connectivity index (χ4n) is 2.03. The number of hydrogen-bond donors (Lipinski definition) is 2. The molecule has 6 nitrogen and oxygen atoms in total. The van der Waals surface area contributed by atoms with Gasteiger partial charge in [-0.25, -0.2) is 4.79 Å². The Bertz CT molecular complexity index is 652. The number of fused-ring (bicyclic) bond motifs is 1. The van der Waals surface area contributed by atoms with Crippen LogP contribution in [0.2, 0.25) is 0 Å². The highest BCUT2D eigenvalue weighted by Gasteiger charge is 2.14. The molecule has 0 aliphatic carbocycles. The van der Waals surface area contributed by atoms with Crippen LogP contribution in [0, 0.1) is 0 Å². The van der Waals surface area contributed by atoms with Gasteiger partial charge in [-0.3, -0.25) is 9.78 Å². The summed E-state index contributed by atoms with van der Waals surface area (Å²) in [4.78, 5) is 28.5. The maximum absolute atomic E-state index is 12.2. The fourth-order valence-corrected chi connectivity index (χ4v) is 2.03. The third-order valence-corrected chi connectivity index (χ3v) is 3.14. The molecule has 0 atom stereocenters. The molecule has 0 aliphatic rings. The van der Waals surface area contributed by atoms with E-state index in [1.807, 2.05) is 31.2 Å². The second-order valence-corrected chi connectivity index (χ2v) is 4.53. The number of carboxylic acid groups (broad SMARTS) is 1. The number of pyridine rings is 1. The summed E-state index contributed by atoms with van der Waals surface area (Å²) in [6, 6.07) is 8.96. The zero-order valence-corrected chi connectivity index (χ0v) is 11.7. The molecule has 2 N–H and O–H groups in total. The summed E-state index contributed by atoms with van der Waals surface area (Å²) in [7, 11) is 0. The first kappa shape index (κ1) is 14.8. The maximum Gasteiger partial charge on any atom is 0.321 e. The van der Waals surface area contributed by atoms with Crippen LogP contribution in [0.5, 0.6) is 0 Å². The number of para-hydroxylation sites is 1. The number of nitrogens with one attached hydrogen (secondary N) is 1. The van der Waals surface area contributed by atoms with E-state index < -0.39 is 5.97 Å². The number of amides is 2. The zero-order valence-electron chi connectivity index (χ0n) is 11.7. The van der Waals surface area contributed by atoms with Gasteiger partial charge in [0.1, 0.15) is 0 Å². The third kappa shape index (κ3) is 3.68. The summed E-state index contributed by atoms with van der Waals surface area (Å²) < 4.78 is 0. The molecule has 0 saturated carbocycles. The number of carbonyl (C=O) groups is 2. The standard InChI is InChI=1S/C15H17N3O3/c1-2-18(10-8-13(19)20)15(21)17-12-7-3-5-11-6-4-9-16-14(11)12/h3-7,9H,2,8,10H2,1H3,(H,17,21)(H,19,20). The van der Waals surface area contributed by atoms with E-state index in [0.717, 1.165) is 5.39 Å². The molecule has 2 amide bonds. The monoisotopic (exact) mass is 287 g/mol. The van der Waals surface area contributed by atoms with E-state index in [1.54, 1.807) is 12.3 Å². The normalized spacial score (nSPS) is 10.3. The Labute approximate surface area is 122 Å². The Morgan fingerprint density at radius 1 is 1.29 bits per heavy atom. The van der Waals surface area contributed by atoms with E-state index in [9.17, 15) is 9.59 Å². The number of carboxylic acids is 1. The Morgan fingerprint density at radius 3 is 2.76 bits per heavy atom.